The van der Waals surface area contributed by atoms with E-state index < -0.39 is 0 Å². The first-order valence-corrected chi connectivity index (χ1v) is 2.83. The maximum absolute atomic E-state index is 8.06. The minimum Gasteiger partial charge on any atom is -1.00 e. The monoisotopic (exact) mass is 329 g/mol. The average Bonchev–Trinajstić information content (AvgIpc) is 1.25. The van der Waals surface area contributed by atoms with Gasteiger partial charge in [-0.2, -0.15) is 0 Å². The molecule has 0 heterocycles. The first-order valence-electron chi connectivity index (χ1n) is 2.83. The molecular weight excluding hydrogens is 315 g/mol. The normalized spacial score (nSPS) is 6.55. The van der Waals surface area contributed by atoms with Crippen molar-refractivity contribution in [3.05, 3.63) is 0 Å². The van der Waals surface area contributed by atoms with Crippen LogP contribution in [0.3, 0.4) is 0 Å². The first-order chi connectivity index (χ1) is 3.46. The van der Waals surface area contributed by atoms with Crippen LogP contribution >= 0.6 is 0 Å². The Hall–Kier alpha value is 1.46. The number of rotatable bonds is 0. The topological polar surface area (TPSA) is 40.5 Å². The van der Waals surface area contributed by atoms with Crippen molar-refractivity contribution in [3.63, 3.8) is 0 Å². The van der Waals surface area contributed by atoms with E-state index in [1.54, 1.807) is 27.7 Å². The molecule has 0 aromatic carbocycles. The number of halogens is 2. The Bertz CT molecular complexity index is 34.1. The van der Waals surface area contributed by atoms with Crippen LogP contribution in [0.5, 0.6) is 0 Å². The fourth-order valence-electron chi connectivity index (χ4n) is 0. The fraction of sp³-hybridized carbons (Fsp3) is 1.00. The SMILES string of the molecule is CC(C)O.CC(C)O.[Br-].[Br-].[V]. The van der Waals surface area contributed by atoms with E-state index in [9.17, 15) is 0 Å². The Morgan fingerprint density at radius 3 is 0.727 bits per heavy atom. The summed E-state index contributed by atoms with van der Waals surface area (Å²) in [4.78, 5) is 0. The van der Waals surface area contributed by atoms with Gasteiger partial charge in [-0.1, -0.05) is 0 Å². The van der Waals surface area contributed by atoms with E-state index in [1.165, 1.54) is 0 Å². The van der Waals surface area contributed by atoms with Gasteiger partial charge in [-0.3, -0.25) is 0 Å². The molecule has 0 bridgehead atoms. The Balaban J connectivity index is -0.0000000171. The van der Waals surface area contributed by atoms with Crippen molar-refractivity contribution in [1.29, 1.82) is 0 Å². The third kappa shape index (κ3) is 479. The predicted octanol–water partition coefficient (Wildman–Crippen LogP) is -5.22. The number of aliphatic hydroxyl groups excluding tert-OH is 2. The summed E-state index contributed by atoms with van der Waals surface area (Å²) in [6.45, 7) is 6.89. The molecule has 0 aliphatic heterocycles. The summed E-state index contributed by atoms with van der Waals surface area (Å²) >= 11 is 0. The van der Waals surface area contributed by atoms with E-state index in [4.69, 9.17) is 10.2 Å². The molecule has 73 valence electrons. The zero-order chi connectivity index (χ0) is 7.15. The van der Waals surface area contributed by atoms with Gasteiger partial charge in [0, 0.05) is 30.8 Å². The molecule has 2 N–H and O–H groups in total. The molecule has 0 atom stereocenters. The molecule has 0 saturated heterocycles. The van der Waals surface area contributed by atoms with Gasteiger partial charge in [0.15, 0.2) is 0 Å². The second kappa shape index (κ2) is 22.5. The third-order valence-electron chi connectivity index (χ3n) is 0. The summed E-state index contributed by atoms with van der Waals surface area (Å²) in [5, 5.41) is 16.1. The molecule has 0 fully saturated rings. The fourth-order valence-corrected chi connectivity index (χ4v) is 0. The van der Waals surface area contributed by atoms with Gasteiger partial charge in [0.05, 0.1) is 0 Å². The van der Waals surface area contributed by atoms with Crippen LogP contribution in [0.25, 0.3) is 0 Å². The molecule has 0 aliphatic carbocycles. The van der Waals surface area contributed by atoms with Crippen LogP contribution < -0.4 is 34.0 Å². The van der Waals surface area contributed by atoms with Crippen LogP contribution in [-0.2, 0) is 18.6 Å². The van der Waals surface area contributed by atoms with E-state index in [1.807, 2.05) is 0 Å². The molecule has 5 heteroatoms. The number of hydrogen-bond donors (Lipinski definition) is 2. The summed E-state index contributed by atoms with van der Waals surface area (Å²) in [5.41, 5.74) is 0. The van der Waals surface area contributed by atoms with Crippen molar-refractivity contribution in [2.24, 2.45) is 0 Å². The Morgan fingerprint density at radius 2 is 0.727 bits per heavy atom. The van der Waals surface area contributed by atoms with E-state index >= 15 is 0 Å². The Morgan fingerprint density at radius 1 is 0.727 bits per heavy atom. The van der Waals surface area contributed by atoms with Crippen LogP contribution in [0, 0.1) is 0 Å². The molecule has 0 unspecified atom stereocenters. The molecule has 0 spiro atoms. The van der Waals surface area contributed by atoms with E-state index in [-0.39, 0.29) is 64.7 Å². The standard InChI is InChI=1S/2C3H8O.2BrH.V/c2*1-3(2)4;;;/h2*3-4H,1-2H3;2*1H;/p-2. The van der Waals surface area contributed by atoms with Gasteiger partial charge in [0.1, 0.15) is 0 Å². The summed E-state index contributed by atoms with van der Waals surface area (Å²) in [5.74, 6) is 0. The van der Waals surface area contributed by atoms with Gasteiger partial charge in [0.25, 0.3) is 0 Å². The molecule has 0 aromatic rings. The van der Waals surface area contributed by atoms with Crippen molar-refractivity contribution in [1.82, 2.24) is 0 Å². The largest absolute Gasteiger partial charge is 1.00 e. The van der Waals surface area contributed by atoms with Gasteiger partial charge in [0.2, 0.25) is 0 Å². The van der Waals surface area contributed by atoms with Crippen molar-refractivity contribution in [3.8, 4) is 0 Å². The van der Waals surface area contributed by atoms with Crippen LogP contribution in [0.15, 0.2) is 0 Å². The minimum atomic E-state index is -0.167. The molecule has 0 saturated carbocycles. The van der Waals surface area contributed by atoms with Crippen LogP contribution in [0.2, 0.25) is 0 Å². The summed E-state index contributed by atoms with van der Waals surface area (Å²) in [7, 11) is 0. The average molecular weight is 331 g/mol. The number of aliphatic hydroxyl groups is 2. The van der Waals surface area contributed by atoms with E-state index in [0.29, 0.717) is 0 Å². The molecule has 1 radical (unpaired) electrons. The zero-order valence-corrected chi connectivity index (χ0v) is 11.8. The summed E-state index contributed by atoms with van der Waals surface area (Å²) < 4.78 is 0. The summed E-state index contributed by atoms with van der Waals surface area (Å²) in [6.07, 6.45) is -0.333. The predicted molar refractivity (Wildman–Crippen MR) is 34.7 cm³/mol. The van der Waals surface area contributed by atoms with Crippen molar-refractivity contribution in [2.45, 2.75) is 39.9 Å². The van der Waals surface area contributed by atoms with Gasteiger partial charge < -0.3 is 44.2 Å². The molecule has 0 amide bonds. The molecule has 11 heavy (non-hydrogen) atoms. The van der Waals surface area contributed by atoms with Gasteiger partial charge in [-0.25, -0.2) is 0 Å². The zero-order valence-electron chi connectivity index (χ0n) is 7.25. The second-order valence-corrected chi connectivity index (χ2v) is 2.19. The maximum atomic E-state index is 8.06. The van der Waals surface area contributed by atoms with Crippen LogP contribution in [0.4, 0.5) is 0 Å². The molecule has 0 rings (SSSR count). The molecule has 0 aromatic heterocycles. The Kier molecular flexibility index (Phi) is 60.2. The molecular formula is C6H16Br2O2V-2. The van der Waals surface area contributed by atoms with Crippen molar-refractivity contribution in [2.75, 3.05) is 0 Å². The first kappa shape index (κ1) is 29.4. The van der Waals surface area contributed by atoms with Crippen molar-refractivity contribution < 1.29 is 62.7 Å². The molecule has 0 aliphatic rings. The minimum absolute atomic E-state index is 0. The number of hydrogen-bond acceptors (Lipinski definition) is 2. The van der Waals surface area contributed by atoms with Gasteiger partial charge in [-0.15, -0.1) is 0 Å². The van der Waals surface area contributed by atoms with Crippen LogP contribution in [0.1, 0.15) is 27.7 Å². The Labute approximate surface area is 102 Å². The van der Waals surface area contributed by atoms with Crippen molar-refractivity contribution >= 4 is 0 Å². The molecule has 2 nitrogen and oxygen atoms in total. The van der Waals surface area contributed by atoms with Gasteiger partial charge in [-0.05, 0) is 27.7 Å². The third-order valence-corrected chi connectivity index (χ3v) is 0. The summed E-state index contributed by atoms with van der Waals surface area (Å²) in [6, 6.07) is 0. The maximum Gasteiger partial charge on any atom is 0.0483 e. The van der Waals surface area contributed by atoms with E-state index in [2.05, 4.69) is 0 Å². The van der Waals surface area contributed by atoms with E-state index in [0.717, 1.165) is 0 Å². The quantitative estimate of drug-likeness (QED) is 0.466. The second-order valence-electron chi connectivity index (χ2n) is 2.19. The van der Waals surface area contributed by atoms with Crippen LogP contribution in [-0.4, -0.2) is 22.4 Å². The smallest absolute Gasteiger partial charge is 0.0483 e. The van der Waals surface area contributed by atoms with Gasteiger partial charge >= 0.3 is 0 Å².